The lowest BCUT2D eigenvalue weighted by Gasteiger charge is -2.01. The van der Waals surface area contributed by atoms with Gasteiger partial charge in [0.05, 0.1) is 10.7 Å². The summed E-state index contributed by atoms with van der Waals surface area (Å²) in [5, 5.41) is 2.17. The summed E-state index contributed by atoms with van der Waals surface area (Å²) in [7, 11) is 0. The van der Waals surface area contributed by atoms with Crippen molar-refractivity contribution in [3.63, 3.8) is 0 Å². The van der Waals surface area contributed by atoms with Gasteiger partial charge in [0.1, 0.15) is 0 Å². The van der Waals surface area contributed by atoms with E-state index >= 15 is 0 Å². The maximum atomic E-state index is 12.2. The molecule has 0 aliphatic carbocycles. The molecule has 0 radical (unpaired) electrons. The summed E-state index contributed by atoms with van der Waals surface area (Å²) in [6.07, 6.45) is 1.50. The number of halogens is 1. The van der Waals surface area contributed by atoms with E-state index in [1.54, 1.807) is 6.07 Å². The zero-order chi connectivity index (χ0) is 12.5. The third-order valence-corrected chi connectivity index (χ3v) is 3.46. The summed E-state index contributed by atoms with van der Waals surface area (Å²) in [5.41, 5.74) is 0.629. The fraction of sp³-hybridized carbons (Fsp3) is 0. The lowest BCUT2D eigenvalue weighted by atomic mass is 10.0. The number of rotatable bonds is 2. The fourth-order valence-electron chi connectivity index (χ4n) is 1.92. The van der Waals surface area contributed by atoms with Gasteiger partial charge in [-0.05, 0) is 38.8 Å². The molecule has 0 spiro atoms. The molecule has 0 amide bonds. The largest absolute Gasteiger partial charge is 0.460 e. The van der Waals surface area contributed by atoms with Crippen molar-refractivity contribution in [1.29, 1.82) is 0 Å². The van der Waals surface area contributed by atoms with E-state index in [9.17, 15) is 4.79 Å². The van der Waals surface area contributed by atoms with Gasteiger partial charge in [-0.1, -0.05) is 36.4 Å². The second-order valence-corrected chi connectivity index (χ2v) is 4.84. The highest BCUT2D eigenvalue weighted by Gasteiger charge is 2.16. The Labute approximate surface area is 112 Å². The Morgan fingerprint density at radius 2 is 1.78 bits per heavy atom. The monoisotopic (exact) mass is 300 g/mol. The highest BCUT2D eigenvalue weighted by Crippen LogP contribution is 2.23. The lowest BCUT2D eigenvalue weighted by molar-refractivity contribution is 0.101. The van der Waals surface area contributed by atoms with Crippen molar-refractivity contribution >= 4 is 32.5 Å². The van der Waals surface area contributed by atoms with Crippen molar-refractivity contribution in [2.45, 2.75) is 0 Å². The Morgan fingerprint density at radius 3 is 2.50 bits per heavy atom. The van der Waals surface area contributed by atoms with Crippen LogP contribution in [0.4, 0.5) is 0 Å². The van der Waals surface area contributed by atoms with Gasteiger partial charge in [0.25, 0.3) is 0 Å². The van der Waals surface area contributed by atoms with E-state index in [1.165, 1.54) is 6.26 Å². The van der Waals surface area contributed by atoms with Gasteiger partial charge in [0, 0.05) is 5.56 Å². The standard InChI is InChI=1S/C15H9BrO2/c16-13-7-8-18-15(13)14(17)12-6-5-10-3-1-2-4-11(10)9-12/h1-9H. The van der Waals surface area contributed by atoms with Crippen molar-refractivity contribution < 1.29 is 9.21 Å². The van der Waals surface area contributed by atoms with E-state index < -0.39 is 0 Å². The minimum absolute atomic E-state index is 0.113. The van der Waals surface area contributed by atoms with Crippen LogP contribution in [0.25, 0.3) is 10.8 Å². The summed E-state index contributed by atoms with van der Waals surface area (Å²) < 4.78 is 5.88. The number of carbonyl (C=O) groups is 1. The van der Waals surface area contributed by atoms with Gasteiger partial charge in [0.15, 0.2) is 5.76 Å². The van der Waals surface area contributed by atoms with Crippen molar-refractivity contribution in [2.75, 3.05) is 0 Å². The van der Waals surface area contributed by atoms with Gasteiger partial charge < -0.3 is 4.42 Å². The number of furan rings is 1. The van der Waals surface area contributed by atoms with E-state index in [2.05, 4.69) is 15.9 Å². The predicted octanol–water partition coefficient (Wildman–Crippen LogP) is 4.43. The molecule has 0 saturated carbocycles. The molecule has 0 N–H and O–H groups in total. The molecule has 3 aromatic rings. The molecule has 88 valence electrons. The minimum Gasteiger partial charge on any atom is -0.460 e. The maximum absolute atomic E-state index is 12.2. The highest BCUT2D eigenvalue weighted by atomic mass is 79.9. The van der Waals surface area contributed by atoms with E-state index in [0.717, 1.165) is 10.8 Å². The topological polar surface area (TPSA) is 30.2 Å². The molecule has 0 saturated heterocycles. The number of ketones is 1. The molecule has 1 heterocycles. The molecule has 2 nitrogen and oxygen atoms in total. The molecule has 0 atom stereocenters. The number of benzene rings is 2. The minimum atomic E-state index is -0.113. The molecule has 1 aromatic heterocycles. The van der Waals surface area contributed by atoms with Crippen molar-refractivity contribution in [3.8, 4) is 0 Å². The Bertz CT molecular complexity index is 728. The van der Waals surface area contributed by atoms with Crippen LogP contribution in [0.2, 0.25) is 0 Å². The Morgan fingerprint density at radius 1 is 1.00 bits per heavy atom. The van der Waals surface area contributed by atoms with Gasteiger partial charge >= 0.3 is 0 Å². The molecule has 0 fully saturated rings. The maximum Gasteiger partial charge on any atom is 0.229 e. The van der Waals surface area contributed by atoms with Crippen molar-refractivity contribution in [1.82, 2.24) is 0 Å². The second kappa shape index (κ2) is 4.42. The van der Waals surface area contributed by atoms with Crippen LogP contribution in [0.3, 0.4) is 0 Å². The first-order chi connectivity index (χ1) is 8.75. The third kappa shape index (κ3) is 1.87. The first-order valence-corrected chi connectivity index (χ1v) is 6.31. The van der Waals surface area contributed by atoms with Crippen LogP contribution < -0.4 is 0 Å². The van der Waals surface area contributed by atoms with E-state index in [0.29, 0.717) is 15.8 Å². The van der Waals surface area contributed by atoms with Gasteiger partial charge in [-0.15, -0.1) is 0 Å². The Balaban J connectivity index is 2.10. The summed E-state index contributed by atoms with van der Waals surface area (Å²) >= 11 is 3.30. The van der Waals surface area contributed by atoms with Crippen LogP contribution in [0, 0.1) is 0 Å². The SMILES string of the molecule is O=C(c1ccc2ccccc2c1)c1occc1Br. The van der Waals surface area contributed by atoms with Crippen LogP contribution in [0.5, 0.6) is 0 Å². The summed E-state index contributed by atoms with van der Waals surface area (Å²) in [6, 6.07) is 15.3. The quantitative estimate of drug-likeness (QED) is 0.656. The van der Waals surface area contributed by atoms with Gasteiger partial charge in [-0.25, -0.2) is 0 Å². The van der Waals surface area contributed by atoms with E-state index in [-0.39, 0.29) is 5.78 Å². The zero-order valence-electron chi connectivity index (χ0n) is 9.39. The van der Waals surface area contributed by atoms with Gasteiger partial charge in [0.2, 0.25) is 5.78 Å². The zero-order valence-corrected chi connectivity index (χ0v) is 11.0. The second-order valence-electron chi connectivity index (χ2n) is 3.99. The first-order valence-electron chi connectivity index (χ1n) is 5.52. The predicted molar refractivity (Wildman–Crippen MR) is 73.8 cm³/mol. The number of carbonyl (C=O) groups excluding carboxylic acids is 1. The fourth-order valence-corrected chi connectivity index (χ4v) is 2.30. The van der Waals surface area contributed by atoms with Gasteiger partial charge in [-0.3, -0.25) is 4.79 Å². The van der Waals surface area contributed by atoms with E-state index in [4.69, 9.17) is 4.42 Å². The molecule has 0 unspecified atom stereocenters. The van der Waals surface area contributed by atoms with Crippen LogP contribution in [-0.4, -0.2) is 5.78 Å². The highest BCUT2D eigenvalue weighted by molar-refractivity contribution is 9.10. The van der Waals surface area contributed by atoms with Crippen LogP contribution in [0.15, 0.2) is 63.7 Å². The average Bonchev–Trinajstić information content (AvgIpc) is 2.83. The molecule has 3 rings (SSSR count). The first kappa shape index (κ1) is 11.2. The van der Waals surface area contributed by atoms with Crippen LogP contribution in [-0.2, 0) is 0 Å². The lowest BCUT2D eigenvalue weighted by Crippen LogP contribution is -2.00. The molecule has 3 heteroatoms. The summed E-state index contributed by atoms with van der Waals surface area (Å²) in [5.74, 6) is 0.225. The summed E-state index contributed by atoms with van der Waals surface area (Å²) in [4.78, 5) is 12.2. The number of hydrogen-bond donors (Lipinski definition) is 0. The van der Waals surface area contributed by atoms with Crippen LogP contribution in [0.1, 0.15) is 16.1 Å². The molecule has 0 aliphatic heterocycles. The Hall–Kier alpha value is -1.87. The third-order valence-electron chi connectivity index (χ3n) is 2.84. The Kier molecular flexibility index (Phi) is 2.76. The van der Waals surface area contributed by atoms with Gasteiger partial charge in [-0.2, -0.15) is 0 Å². The van der Waals surface area contributed by atoms with Crippen LogP contribution >= 0.6 is 15.9 Å². The average molecular weight is 301 g/mol. The number of fused-ring (bicyclic) bond motifs is 1. The molecular formula is C15H9BrO2. The summed E-state index contributed by atoms with van der Waals surface area (Å²) in [6.45, 7) is 0. The normalized spacial score (nSPS) is 10.7. The molecule has 0 bridgehead atoms. The van der Waals surface area contributed by atoms with E-state index in [1.807, 2.05) is 42.5 Å². The molecule has 2 aromatic carbocycles. The number of hydrogen-bond acceptors (Lipinski definition) is 2. The molecule has 0 aliphatic rings. The van der Waals surface area contributed by atoms with Crippen molar-refractivity contribution in [3.05, 3.63) is 70.6 Å². The molecule has 18 heavy (non-hydrogen) atoms. The molecular weight excluding hydrogens is 292 g/mol. The smallest absolute Gasteiger partial charge is 0.229 e. The van der Waals surface area contributed by atoms with Crippen molar-refractivity contribution in [2.24, 2.45) is 0 Å².